The minimum atomic E-state index is -0.578. The van der Waals surface area contributed by atoms with Crippen molar-refractivity contribution in [2.75, 3.05) is 11.9 Å². The van der Waals surface area contributed by atoms with E-state index in [4.69, 9.17) is 49.4 Å². The molecule has 0 spiro atoms. The predicted octanol–water partition coefficient (Wildman–Crippen LogP) is 8.13. The van der Waals surface area contributed by atoms with Gasteiger partial charge in [-0.3, -0.25) is 0 Å². The summed E-state index contributed by atoms with van der Waals surface area (Å²) in [4.78, 5) is 17.9. The molecule has 2 heterocycles. The van der Waals surface area contributed by atoms with E-state index in [9.17, 15) is 4.79 Å². The van der Waals surface area contributed by atoms with Gasteiger partial charge in [0.2, 0.25) is 11.1 Å². The second kappa shape index (κ2) is 13.0. The third-order valence-electron chi connectivity index (χ3n) is 6.31. The maximum absolute atomic E-state index is 13.2. The highest BCUT2D eigenvalue weighted by molar-refractivity contribution is 7.98. The van der Waals surface area contributed by atoms with Gasteiger partial charge in [-0.05, 0) is 48.4 Å². The Hall–Kier alpha value is -3.43. The van der Waals surface area contributed by atoms with E-state index in [-0.39, 0.29) is 13.2 Å². The summed E-state index contributed by atoms with van der Waals surface area (Å²) < 4.78 is 13.1. The van der Waals surface area contributed by atoms with Crippen molar-refractivity contribution in [3.05, 3.63) is 122 Å². The van der Waals surface area contributed by atoms with Gasteiger partial charge in [0.1, 0.15) is 25.0 Å². The molecule has 5 rings (SSSR count). The van der Waals surface area contributed by atoms with Crippen LogP contribution in [0.5, 0.6) is 5.75 Å². The Bertz CT molecular complexity index is 1620. The molecule has 7 nitrogen and oxygen atoms in total. The maximum atomic E-state index is 13.2. The number of carbonyl (C=O) groups excluding carboxylic acids is 1. The van der Waals surface area contributed by atoms with E-state index in [2.05, 4.69) is 16.9 Å². The average Bonchev–Trinajstić information content (AvgIpc) is 3.37. The summed E-state index contributed by atoms with van der Waals surface area (Å²) in [5.74, 6) is 1.29. The van der Waals surface area contributed by atoms with Crippen LogP contribution in [0.1, 0.15) is 29.7 Å². The molecule has 1 aromatic heterocycles. The Kier molecular flexibility index (Phi) is 9.25. The molecular weight excluding hydrogens is 603 g/mol. The fraction of sp³-hybridized carbons (Fsp3) is 0.167. The number of nitrogens with one attached hydrogen (secondary N) is 1. The Balaban J connectivity index is 1.41. The lowest BCUT2D eigenvalue weighted by Gasteiger charge is -2.28. The van der Waals surface area contributed by atoms with Gasteiger partial charge in [0.25, 0.3) is 0 Å². The van der Waals surface area contributed by atoms with Gasteiger partial charge in [-0.25, -0.2) is 9.48 Å². The third-order valence-corrected chi connectivity index (χ3v) is 8.15. The maximum Gasteiger partial charge on any atom is 0.338 e. The summed E-state index contributed by atoms with van der Waals surface area (Å²) in [5.41, 5.74) is 3.66. The number of fused-ring (bicyclic) bond motifs is 1. The molecule has 0 aliphatic carbocycles. The van der Waals surface area contributed by atoms with Crippen molar-refractivity contribution < 1.29 is 14.3 Å². The number of anilines is 1. The van der Waals surface area contributed by atoms with Crippen molar-refractivity contribution >= 4 is 58.5 Å². The number of hydrogen-bond acceptors (Lipinski definition) is 7. The lowest BCUT2D eigenvalue weighted by Crippen LogP contribution is -2.29. The molecule has 0 radical (unpaired) electrons. The van der Waals surface area contributed by atoms with E-state index >= 15 is 0 Å². The number of allylic oxidation sites excluding steroid dienone is 1. The van der Waals surface area contributed by atoms with E-state index in [1.165, 1.54) is 17.8 Å². The molecule has 0 saturated carbocycles. The standard InChI is InChI=1S/C30H25Cl3N4O3S/c1-3-14-39-28(38)26-18(2)34-29-35-30(41-17-21-6-4-5-7-24(21)32)36-37(29)27(26)19-9-12-23(13-10-19)40-16-20-8-11-22(31)15-25(20)33/h3-13,15,27H,1,14,16-17H2,2H3,(H,34,35,36). The molecule has 4 aromatic rings. The quantitative estimate of drug-likeness (QED) is 0.108. The topological polar surface area (TPSA) is 78.3 Å². The fourth-order valence-electron chi connectivity index (χ4n) is 4.28. The van der Waals surface area contributed by atoms with E-state index in [1.54, 1.807) is 16.8 Å². The summed E-state index contributed by atoms with van der Waals surface area (Å²) in [6.45, 7) is 5.83. The summed E-state index contributed by atoms with van der Waals surface area (Å²) in [6.07, 6.45) is 1.53. The lowest BCUT2D eigenvalue weighted by atomic mass is 9.96. The zero-order valence-corrected chi connectivity index (χ0v) is 25.0. The molecule has 0 amide bonds. The van der Waals surface area contributed by atoms with Gasteiger partial charge in [0.15, 0.2) is 0 Å². The SMILES string of the molecule is C=CCOC(=O)C1=C(C)Nc2nc(SCc3ccccc3Cl)nn2C1c1ccc(OCc2ccc(Cl)cc2Cl)cc1. The molecule has 0 saturated heterocycles. The monoisotopic (exact) mass is 626 g/mol. The van der Waals surface area contributed by atoms with Gasteiger partial charge in [-0.2, -0.15) is 4.98 Å². The molecule has 1 atom stereocenters. The number of benzene rings is 3. The lowest BCUT2D eigenvalue weighted by molar-refractivity contribution is -0.138. The minimum Gasteiger partial charge on any atom is -0.489 e. The molecule has 11 heteroatoms. The number of hydrogen-bond donors (Lipinski definition) is 1. The number of esters is 1. The molecule has 1 unspecified atom stereocenters. The zero-order chi connectivity index (χ0) is 28.9. The van der Waals surface area contributed by atoms with Gasteiger partial charge in [0, 0.05) is 32.1 Å². The molecule has 3 aromatic carbocycles. The van der Waals surface area contributed by atoms with E-state index < -0.39 is 12.0 Å². The van der Waals surface area contributed by atoms with E-state index in [0.29, 0.717) is 48.9 Å². The van der Waals surface area contributed by atoms with Crippen LogP contribution in [0, 0.1) is 0 Å². The van der Waals surface area contributed by atoms with Crippen LogP contribution in [0.2, 0.25) is 15.1 Å². The highest BCUT2D eigenvalue weighted by atomic mass is 35.5. The molecule has 41 heavy (non-hydrogen) atoms. The highest BCUT2D eigenvalue weighted by Crippen LogP contribution is 2.38. The second-order valence-electron chi connectivity index (χ2n) is 9.09. The van der Waals surface area contributed by atoms with Crippen molar-refractivity contribution in [1.29, 1.82) is 0 Å². The Morgan fingerprint density at radius 2 is 1.85 bits per heavy atom. The summed E-state index contributed by atoms with van der Waals surface area (Å²) in [5, 5.41) is 10.3. The number of nitrogens with zero attached hydrogens (tertiary/aromatic N) is 3. The van der Waals surface area contributed by atoms with Gasteiger partial charge in [-0.15, -0.1) is 5.10 Å². The van der Waals surface area contributed by atoms with Crippen molar-refractivity contribution in [2.24, 2.45) is 0 Å². The largest absolute Gasteiger partial charge is 0.489 e. The minimum absolute atomic E-state index is 0.0888. The Morgan fingerprint density at radius 3 is 2.59 bits per heavy atom. The van der Waals surface area contributed by atoms with Crippen molar-refractivity contribution in [2.45, 2.75) is 30.5 Å². The summed E-state index contributed by atoms with van der Waals surface area (Å²) in [7, 11) is 0. The first-order valence-electron chi connectivity index (χ1n) is 12.6. The second-order valence-corrected chi connectivity index (χ2v) is 11.3. The number of halogens is 3. The molecule has 210 valence electrons. The van der Waals surface area contributed by atoms with Crippen LogP contribution in [0.25, 0.3) is 0 Å². The number of thioether (sulfide) groups is 1. The summed E-state index contributed by atoms with van der Waals surface area (Å²) >= 11 is 20.1. The van der Waals surface area contributed by atoms with Crippen LogP contribution in [-0.2, 0) is 21.9 Å². The fourth-order valence-corrected chi connectivity index (χ4v) is 5.86. The number of carbonyl (C=O) groups is 1. The normalized spacial score (nSPS) is 14.3. The predicted molar refractivity (Wildman–Crippen MR) is 164 cm³/mol. The van der Waals surface area contributed by atoms with Crippen LogP contribution in [0.15, 0.2) is 95.8 Å². The summed E-state index contributed by atoms with van der Waals surface area (Å²) in [6, 6.07) is 19.8. The average molecular weight is 628 g/mol. The number of aromatic nitrogens is 3. The van der Waals surface area contributed by atoms with Gasteiger partial charge < -0.3 is 14.8 Å². The first kappa shape index (κ1) is 29.1. The smallest absolute Gasteiger partial charge is 0.338 e. The molecule has 0 fully saturated rings. The van der Waals surface area contributed by atoms with Crippen LogP contribution in [0.3, 0.4) is 0 Å². The van der Waals surface area contributed by atoms with Gasteiger partial charge in [-0.1, -0.05) is 95.6 Å². The first-order valence-corrected chi connectivity index (χ1v) is 14.7. The van der Waals surface area contributed by atoms with Crippen molar-refractivity contribution in [3.8, 4) is 5.75 Å². The number of ether oxygens (including phenoxy) is 2. The molecule has 1 aliphatic heterocycles. The van der Waals surface area contributed by atoms with Gasteiger partial charge in [0.05, 0.1) is 5.57 Å². The van der Waals surface area contributed by atoms with Crippen LogP contribution < -0.4 is 10.1 Å². The van der Waals surface area contributed by atoms with Crippen LogP contribution >= 0.6 is 46.6 Å². The van der Waals surface area contributed by atoms with Crippen LogP contribution in [-0.4, -0.2) is 27.3 Å². The number of rotatable bonds is 10. The Morgan fingerprint density at radius 1 is 1.07 bits per heavy atom. The molecule has 1 N–H and O–H groups in total. The zero-order valence-electron chi connectivity index (χ0n) is 21.9. The Labute approximate surface area is 257 Å². The third kappa shape index (κ3) is 6.73. The van der Waals surface area contributed by atoms with Crippen molar-refractivity contribution in [3.63, 3.8) is 0 Å². The first-order chi connectivity index (χ1) is 19.8. The molecular formula is C30H25Cl3N4O3S. The van der Waals surface area contributed by atoms with Crippen LogP contribution in [0.4, 0.5) is 5.95 Å². The molecule has 1 aliphatic rings. The molecule has 0 bridgehead atoms. The van der Waals surface area contributed by atoms with Crippen molar-refractivity contribution in [1.82, 2.24) is 14.8 Å². The van der Waals surface area contributed by atoms with Gasteiger partial charge >= 0.3 is 5.97 Å². The highest BCUT2D eigenvalue weighted by Gasteiger charge is 2.35. The van der Waals surface area contributed by atoms with E-state index in [1.807, 2.05) is 61.5 Å². The van der Waals surface area contributed by atoms with E-state index in [0.717, 1.165) is 16.7 Å².